The zero-order valence-electron chi connectivity index (χ0n) is 11.0. The van der Waals surface area contributed by atoms with Gasteiger partial charge in [-0.3, -0.25) is 4.79 Å². The van der Waals surface area contributed by atoms with Gasteiger partial charge in [0.2, 0.25) is 0 Å². The molecule has 1 aliphatic rings. The molecule has 2 N–H and O–H groups in total. The fourth-order valence-electron chi connectivity index (χ4n) is 2.65. The fourth-order valence-corrected chi connectivity index (χ4v) is 2.65. The lowest BCUT2D eigenvalue weighted by atomic mass is 9.96. The number of carbonyl (C=O) groups excluding carboxylic acids is 1. The number of aryl methyl sites for hydroxylation is 1. The number of aromatic amines is 2. The molecule has 1 fully saturated rings. The molecule has 1 amide bonds. The van der Waals surface area contributed by atoms with Crippen LogP contribution in [0.4, 0.5) is 0 Å². The molecule has 0 spiro atoms. The SMILES string of the molecule is Cc1c[nH]c(C(=O)N2CCC(c3ncc[nH]3)CC2)c1. The Labute approximate surface area is 112 Å². The van der Waals surface area contributed by atoms with Crippen LogP contribution in [0.25, 0.3) is 0 Å². The zero-order valence-corrected chi connectivity index (χ0v) is 11.0. The molecule has 2 aromatic heterocycles. The largest absolute Gasteiger partial charge is 0.357 e. The summed E-state index contributed by atoms with van der Waals surface area (Å²) in [6.45, 7) is 3.57. The molecule has 100 valence electrons. The molecule has 0 unspecified atom stereocenters. The van der Waals surface area contributed by atoms with E-state index in [1.165, 1.54) is 0 Å². The molecule has 0 aliphatic carbocycles. The van der Waals surface area contributed by atoms with E-state index in [0.717, 1.165) is 37.3 Å². The second-order valence-electron chi connectivity index (χ2n) is 5.13. The van der Waals surface area contributed by atoms with Gasteiger partial charge in [0.15, 0.2) is 0 Å². The van der Waals surface area contributed by atoms with E-state index in [-0.39, 0.29) is 5.91 Å². The molecule has 0 bridgehead atoms. The average Bonchev–Trinajstić information content (AvgIpc) is 3.09. The number of H-pyrrole nitrogens is 2. The summed E-state index contributed by atoms with van der Waals surface area (Å²) in [5.41, 5.74) is 1.78. The summed E-state index contributed by atoms with van der Waals surface area (Å²) in [5.74, 6) is 1.60. The van der Waals surface area contributed by atoms with Crippen molar-refractivity contribution in [2.24, 2.45) is 0 Å². The number of rotatable bonds is 2. The molecule has 1 aliphatic heterocycles. The Hall–Kier alpha value is -2.04. The van der Waals surface area contributed by atoms with Gasteiger partial charge in [0, 0.05) is 37.6 Å². The van der Waals surface area contributed by atoms with Gasteiger partial charge in [-0.05, 0) is 31.4 Å². The zero-order chi connectivity index (χ0) is 13.2. The molecular formula is C14H18N4O. The lowest BCUT2D eigenvalue weighted by Crippen LogP contribution is -2.38. The lowest BCUT2D eigenvalue weighted by molar-refractivity contribution is 0.0706. The quantitative estimate of drug-likeness (QED) is 0.866. The third-order valence-corrected chi connectivity index (χ3v) is 3.75. The van der Waals surface area contributed by atoms with Crippen LogP contribution in [-0.2, 0) is 0 Å². The van der Waals surface area contributed by atoms with Crippen molar-refractivity contribution in [2.45, 2.75) is 25.7 Å². The summed E-state index contributed by atoms with van der Waals surface area (Å²) in [7, 11) is 0. The van der Waals surface area contributed by atoms with Gasteiger partial charge in [-0.2, -0.15) is 0 Å². The molecule has 5 nitrogen and oxygen atoms in total. The van der Waals surface area contributed by atoms with Crippen molar-refractivity contribution < 1.29 is 4.79 Å². The highest BCUT2D eigenvalue weighted by Crippen LogP contribution is 2.26. The van der Waals surface area contributed by atoms with Crippen molar-refractivity contribution in [3.05, 3.63) is 41.7 Å². The Morgan fingerprint density at radius 2 is 2.16 bits per heavy atom. The Kier molecular flexibility index (Phi) is 3.11. The first-order valence-electron chi connectivity index (χ1n) is 6.67. The minimum absolute atomic E-state index is 0.103. The Bertz CT molecular complexity index is 550. The van der Waals surface area contributed by atoms with E-state index in [0.29, 0.717) is 11.6 Å². The third-order valence-electron chi connectivity index (χ3n) is 3.75. The van der Waals surface area contributed by atoms with E-state index in [4.69, 9.17) is 0 Å². The van der Waals surface area contributed by atoms with Crippen LogP contribution in [0.3, 0.4) is 0 Å². The molecule has 0 atom stereocenters. The second-order valence-corrected chi connectivity index (χ2v) is 5.13. The molecule has 3 rings (SSSR count). The number of amides is 1. The van der Waals surface area contributed by atoms with E-state index >= 15 is 0 Å². The summed E-state index contributed by atoms with van der Waals surface area (Å²) < 4.78 is 0. The molecule has 3 heterocycles. The first kappa shape index (κ1) is 12.0. The van der Waals surface area contributed by atoms with Crippen LogP contribution in [-0.4, -0.2) is 38.8 Å². The lowest BCUT2D eigenvalue weighted by Gasteiger charge is -2.30. The van der Waals surface area contributed by atoms with Gasteiger partial charge in [-0.15, -0.1) is 0 Å². The molecule has 2 aromatic rings. The number of hydrogen-bond donors (Lipinski definition) is 2. The molecule has 0 aromatic carbocycles. The summed E-state index contributed by atoms with van der Waals surface area (Å²) >= 11 is 0. The predicted octanol–water partition coefficient (Wildman–Crippen LogP) is 2.07. The van der Waals surface area contributed by atoms with Crippen molar-refractivity contribution in [3.8, 4) is 0 Å². The number of imidazole rings is 1. The van der Waals surface area contributed by atoms with Gasteiger partial charge in [0.05, 0.1) is 0 Å². The Balaban J connectivity index is 1.62. The number of carbonyl (C=O) groups is 1. The minimum atomic E-state index is 0.103. The molecule has 19 heavy (non-hydrogen) atoms. The predicted molar refractivity (Wildman–Crippen MR) is 72.0 cm³/mol. The number of aromatic nitrogens is 3. The van der Waals surface area contributed by atoms with Crippen LogP contribution in [0.15, 0.2) is 24.7 Å². The van der Waals surface area contributed by atoms with Crippen molar-refractivity contribution in [1.82, 2.24) is 19.9 Å². The highest BCUT2D eigenvalue weighted by molar-refractivity contribution is 5.92. The van der Waals surface area contributed by atoms with Crippen molar-refractivity contribution in [1.29, 1.82) is 0 Å². The van der Waals surface area contributed by atoms with Crippen LogP contribution in [0.1, 0.15) is 40.6 Å². The number of piperidine rings is 1. The van der Waals surface area contributed by atoms with Gasteiger partial charge in [0.25, 0.3) is 5.91 Å². The van der Waals surface area contributed by atoms with Gasteiger partial charge < -0.3 is 14.9 Å². The van der Waals surface area contributed by atoms with Crippen LogP contribution in [0, 0.1) is 6.92 Å². The molecule has 1 saturated heterocycles. The first-order valence-corrected chi connectivity index (χ1v) is 6.67. The minimum Gasteiger partial charge on any atom is -0.357 e. The van der Waals surface area contributed by atoms with E-state index in [2.05, 4.69) is 15.0 Å². The van der Waals surface area contributed by atoms with Crippen molar-refractivity contribution in [2.75, 3.05) is 13.1 Å². The highest BCUT2D eigenvalue weighted by atomic mass is 16.2. The summed E-state index contributed by atoms with van der Waals surface area (Å²) in [5, 5.41) is 0. The number of likely N-dealkylation sites (tertiary alicyclic amines) is 1. The van der Waals surface area contributed by atoms with E-state index in [9.17, 15) is 4.79 Å². The standard InChI is InChI=1S/C14H18N4O/c1-10-8-12(17-9-10)14(19)18-6-2-11(3-7-18)13-15-4-5-16-13/h4-5,8-9,11,17H,2-3,6-7H2,1H3,(H,15,16). The Morgan fingerprint density at radius 1 is 1.37 bits per heavy atom. The van der Waals surface area contributed by atoms with Crippen LogP contribution < -0.4 is 0 Å². The second kappa shape index (κ2) is 4.91. The van der Waals surface area contributed by atoms with Crippen molar-refractivity contribution in [3.63, 3.8) is 0 Å². The summed E-state index contributed by atoms with van der Waals surface area (Å²) in [6.07, 6.45) is 7.45. The van der Waals surface area contributed by atoms with Gasteiger partial charge >= 0.3 is 0 Å². The van der Waals surface area contributed by atoms with Crippen LogP contribution in [0.2, 0.25) is 0 Å². The molecule has 5 heteroatoms. The van der Waals surface area contributed by atoms with E-state index < -0.39 is 0 Å². The average molecular weight is 258 g/mol. The number of nitrogens with one attached hydrogen (secondary N) is 2. The van der Waals surface area contributed by atoms with Gasteiger partial charge in [0.1, 0.15) is 11.5 Å². The first-order chi connectivity index (χ1) is 9.24. The highest BCUT2D eigenvalue weighted by Gasteiger charge is 2.26. The maximum atomic E-state index is 12.3. The maximum Gasteiger partial charge on any atom is 0.270 e. The van der Waals surface area contributed by atoms with Crippen LogP contribution in [0.5, 0.6) is 0 Å². The Morgan fingerprint density at radius 3 is 2.74 bits per heavy atom. The molecular weight excluding hydrogens is 240 g/mol. The fraction of sp³-hybridized carbons (Fsp3) is 0.429. The van der Waals surface area contributed by atoms with Gasteiger partial charge in [-0.1, -0.05) is 0 Å². The monoisotopic (exact) mass is 258 g/mol. The van der Waals surface area contributed by atoms with E-state index in [1.807, 2.05) is 30.3 Å². The van der Waals surface area contributed by atoms with Crippen LogP contribution >= 0.6 is 0 Å². The van der Waals surface area contributed by atoms with Gasteiger partial charge in [-0.25, -0.2) is 4.98 Å². The topological polar surface area (TPSA) is 64.8 Å². The summed E-state index contributed by atoms with van der Waals surface area (Å²) in [6, 6.07) is 1.90. The van der Waals surface area contributed by atoms with Crippen molar-refractivity contribution >= 4 is 5.91 Å². The molecule has 0 radical (unpaired) electrons. The summed E-state index contributed by atoms with van der Waals surface area (Å²) in [4.78, 5) is 24.7. The normalized spacial score (nSPS) is 16.8. The smallest absolute Gasteiger partial charge is 0.270 e. The number of nitrogens with zero attached hydrogens (tertiary/aromatic N) is 2. The molecule has 0 saturated carbocycles. The maximum absolute atomic E-state index is 12.3. The number of hydrogen-bond acceptors (Lipinski definition) is 2. The van der Waals surface area contributed by atoms with E-state index in [1.54, 1.807) is 6.20 Å². The third kappa shape index (κ3) is 2.41.